The number of carbonyl (C=O) groups excluding carboxylic acids is 3. The molecule has 0 heterocycles. The second-order valence-electron chi connectivity index (χ2n) is 7.34. The van der Waals surface area contributed by atoms with Crippen molar-refractivity contribution in [3.8, 4) is 0 Å². The summed E-state index contributed by atoms with van der Waals surface area (Å²) in [6, 6.07) is 16.1. The third kappa shape index (κ3) is 4.44. The third-order valence-corrected chi connectivity index (χ3v) is 5.19. The Labute approximate surface area is 178 Å². The Hall–Kier alpha value is -3.38. The standard InChI is InChI=1S/C23H20ClN3O3/c1-13(28)25-20-9-8-17(12-19(20)24)26-23(30)18-10-15-4-2-3-5-16(15)11-21(18)27-22(29)14-6-7-14/h2-5,8-12,14H,6-7H2,1H3,(H,25,28)(H,26,30)(H,27,29). The molecule has 0 atom stereocenters. The molecular formula is C23H20ClN3O3. The Morgan fingerprint density at radius 1 is 0.867 bits per heavy atom. The summed E-state index contributed by atoms with van der Waals surface area (Å²) in [6.07, 6.45) is 1.75. The smallest absolute Gasteiger partial charge is 0.257 e. The number of hydrogen-bond donors (Lipinski definition) is 3. The van der Waals surface area contributed by atoms with Crippen LogP contribution in [0.3, 0.4) is 0 Å². The maximum atomic E-state index is 13.0. The first-order valence-corrected chi connectivity index (χ1v) is 10.0. The summed E-state index contributed by atoms with van der Waals surface area (Å²) in [5.74, 6) is -0.648. The van der Waals surface area contributed by atoms with E-state index in [2.05, 4.69) is 16.0 Å². The summed E-state index contributed by atoms with van der Waals surface area (Å²) in [5, 5.41) is 10.5. The van der Waals surface area contributed by atoms with Gasteiger partial charge in [0.05, 0.1) is 22.0 Å². The van der Waals surface area contributed by atoms with Gasteiger partial charge >= 0.3 is 0 Å². The molecule has 0 aliphatic heterocycles. The molecule has 1 aliphatic carbocycles. The van der Waals surface area contributed by atoms with Crippen molar-refractivity contribution in [2.45, 2.75) is 19.8 Å². The molecule has 152 valence electrons. The van der Waals surface area contributed by atoms with Crippen LogP contribution in [0.15, 0.2) is 54.6 Å². The SMILES string of the molecule is CC(=O)Nc1ccc(NC(=O)c2cc3ccccc3cc2NC(=O)C2CC2)cc1Cl. The van der Waals surface area contributed by atoms with Gasteiger partial charge in [-0.05, 0) is 53.9 Å². The first kappa shape index (κ1) is 19.9. The highest BCUT2D eigenvalue weighted by Crippen LogP contribution is 2.32. The van der Waals surface area contributed by atoms with Crippen LogP contribution in [-0.2, 0) is 9.59 Å². The zero-order valence-corrected chi connectivity index (χ0v) is 17.0. The first-order valence-electron chi connectivity index (χ1n) is 9.63. The summed E-state index contributed by atoms with van der Waals surface area (Å²) in [7, 11) is 0. The van der Waals surface area contributed by atoms with Gasteiger partial charge in [-0.25, -0.2) is 0 Å². The lowest BCUT2D eigenvalue weighted by Crippen LogP contribution is -2.19. The topological polar surface area (TPSA) is 87.3 Å². The van der Waals surface area contributed by atoms with E-state index in [4.69, 9.17) is 11.6 Å². The second-order valence-corrected chi connectivity index (χ2v) is 7.75. The predicted molar refractivity (Wildman–Crippen MR) is 119 cm³/mol. The molecule has 3 N–H and O–H groups in total. The maximum absolute atomic E-state index is 13.0. The van der Waals surface area contributed by atoms with E-state index in [1.54, 1.807) is 24.3 Å². The lowest BCUT2D eigenvalue weighted by Gasteiger charge is -2.14. The molecule has 3 aromatic rings. The minimum atomic E-state index is -0.366. The second kappa shape index (κ2) is 8.16. The fourth-order valence-corrected chi connectivity index (χ4v) is 3.42. The van der Waals surface area contributed by atoms with E-state index < -0.39 is 0 Å². The number of hydrogen-bond acceptors (Lipinski definition) is 3. The van der Waals surface area contributed by atoms with Gasteiger partial charge in [0.25, 0.3) is 5.91 Å². The number of fused-ring (bicyclic) bond motifs is 1. The van der Waals surface area contributed by atoms with Crippen molar-refractivity contribution in [3.63, 3.8) is 0 Å². The van der Waals surface area contributed by atoms with E-state index in [1.165, 1.54) is 6.92 Å². The molecule has 0 unspecified atom stereocenters. The van der Waals surface area contributed by atoms with Crippen molar-refractivity contribution in [1.82, 2.24) is 0 Å². The van der Waals surface area contributed by atoms with Crippen LogP contribution >= 0.6 is 11.6 Å². The van der Waals surface area contributed by atoms with Gasteiger partial charge in [-0.3, -0.25) is 14.4 Å². The Balaban J connectivity index is 1.63. The summed E-state index contributed by atoms with van der Waals surface area (Å²) in [5.41, 5.74) is 1.78. The minimum absolute atomic E-state index is 0.0208. The van der Waals surface area contributed by atoms with E-state index >= 15 is 0 Å². The Kier molecular flexibility index (Phi) is 5.42. The lowest BCUT2D eigenvalue weighted by atomic mass is 10.0. The average Bonchev–Trinajstić information content (AvgIpc) is 3.54. The summed E-state index contributed by atoms with van der Waals surface area (Å²) >= 11 is 6.20. The van der Waals surface area contributed by atoms with Gasteiger partial charge in [0.15, 0.2) is 0 Å². The van der Waals surface area contributed by atoms with E-state index in [-0.39, 0.29) is 23.6 Å². The molecule has 4 rings (SSSR count). The zero-order chi connectivity index (χ0) is 21.3. The first-order chi connectivity index (χ1) is 14.4. The molecule has 1 saturated carbocycles. The highest BCUT2D eigenvalue weighted by Gasteiger charge is 2.30. The molecule has 1 fully saturated rings. The summed E-state index contributed by atoms with van der Waals surface area (Å²) in [4.78, 5) is 36.6. The highest BCUT2D eigenvalue weighted by atomic mass is 35.5. The number of amides is 3. The van der Waals surface area contributed by atoms with Gasteiger partial charge in [-0.1, -0.05) is 35.9 Å². The largest absolute Gasteiger partial charge is 0.325 e. The lowest BCUT2D eigenvalue weighted by molar-refractivity contribution is -0.117. The van der Waals surface area contributed by atoms with Crippen LogP contribution in [-0.4, -0.2) is 17.7 Å². The number of rotatable bonds is 5. The fraction of sp³-hybridized carbons (Fsp3) is 0.174. The van der Waals surface area contributed by atoms with Crippen LogP contribution in [0.5, 0.6) is 0 Å². The van der Waals surface area contributed by atoms with Crippen molar-refractivity contribution in [3.05, 3.63) is 65.2 Å². The predicted octanol–water partition coefficient (Wildman–Crippen LogP) is 5.05. The van der Waals surface area contributed by atoms with Crippen molar-refractivity contribution in [2.75, 3.05) is 16.0 Å². The van der Waals surface area contributed by atoms with Crippen LogP contribution in [0.1, 0.15) is 30.1 Å². The normalized spacial score (nSPS) is 13.0. The van der Waals surface area contributed by atoms with E-state index in [0.717, 1.165) is 23.6 Å². The number of halogens is 1. The third-order valence-electron chi connectivity index (χ3n) is 4.87. The molecule has 3 amide bonds. The van der Waals surface area contributed by atoms with Gasteiger partial charge < -0.3 is 16.0 Å². The molecule has 3 aromatic carbocycles. The molecule has 7 heteroatoms. The van der Waals surface area contributed by atoms with Gasteiger partial charge in [0.1, 0.15) is 0 Å². The molecular weight excluding hydrogens is 402 g/mol. The quantitative estimate of drug-likeness (QED) is 0.538. The summed E-state index contributed by atoms with van der Waals surface area (Å²) < 4.78 is 0. The number of nitrogens with one attached hydrogen (secondary N) is 3. The summed E-state index contributed by atoms with van der Waals surface area (Å²) in [6.45, 7) is 1.39. The monoisotopic (exact) mass is 421 g/mol. The van der Waals surface area contributed by atoms with Crippen molar-refractivity contribution in [1.29, 1.82) is 0 Å². The minimum Gasteiger partial charge on any atom is -0.325 e. The van der Waals surface area contributed by atoms with Gasteiger partial charge in [0, 0.05) is 18.5 Å². The van der Waals surface area contributed by atoms with Crippen molar-refractivity contribution < 1.29 is 14.4 Å². The van der Waals surface area contributed by atoms with E-state index in [9.17, 15) is 14.4 Å². The van der Waals surface area contributed by atoms with Gasteiger partial charge in [-0.2, -0.15) is 0 Å². The molecule has 0 radical (unpaired) electrons. The van der Waals surface area contributed by atoms with Gasteiger partial charge in [0.2, 0.25) is 11.8 Å². The van der Waals surface area contributed by atoms with Crippen LogP contribution in [0, 0.1) is 5.92 Å². The van der Waals surface area contributed by atoms with Gasteiger partial charge in [-0.15, -0.1) is 0 Å². The molecule has 0 saturated heterocycles. The van der Waals surface area contributed by atoms with Crippen LogP contribution < -0.4 is 16.0 Å². The number of benzene rings is 3. The van der Waals surface area contributed by atoms with Crippen LogP contribution in [0.4, 0.5) is 17.1 Å². The molecule has 0 spiro atoms. The van der Waals surface area contributed by atoms with E-state index in [1.807, 2.05) is 30.3 Å². The Bertz CT molecular complexity index is 1170. The highest BCUT2D eigenvalue weighted by molar-refractivity contribution is 6.34. The molecule has 0 aromatic heterocycles. The zero-order valence-electron chi connectivity index (χ0n) is 16.3. The number of carbonyl (C=O) groups is 3. The fourth-order valence-electron chi connectivity index (χ4n) is 3.19. The number of anilines is 3. The van der Waals surface area contributed by atoms with Crippen LogP contribution in [0.2, 0.25) is 5.02 Å². The molecule has 1 aliphatic rings. The van der Waals surface area contributed by atoms with Crippen molar-refractivity contribution >= 4 is 57.2 Å². The molecule has 6 nitrogen and oxygen atoms in total. The van der Waals surface area contributed by atoms with Crippen LogP contribution in [0.25, 0.3) is 10.8 Å². The Morgan fingerprint density at radius 3 is 2.20 bits per heavy atom. The molecule has 0 bridgehead atoms. The van der Waals surface area contributed by atoms with Crippen molar-refractivity contribution in [2.24, 2.45) is 5.92 Å². The van der Waals surface area contributed by atoms with E-state index in [0.29, 0.717) is 27.6 Å². The Morgan fingerprint density at radius 2 is 1.57 bits per heavy atom. The maximum Gasteiger partial charge on any atom is 0.257 e. The average molecular weight is 422 g/mol. The molecule has 30 heavy (non-hydrogen) atoms.